The zero-order chi connectivity index (χ0) is 10.5. The summed E-state index contributed by atoms with van der Waals surface area (Å²) in [6.45, 7) is 0.286. The first-order valence-electron chi connectivity index (χ1n) is 4.93. The van der Waals surface area contributed by atoms with Crippen molar-refractivity contribution in [3.05, 3.63) is 30.7 Å². The van der Waals surface area contributed by atoms with Crippen LogP contribution in [0, 0.1) is 0 Å². The van der Waals surface area contributed by atoms with E-state index in [4.69, 9.17) is 9.47 Å². The maximum atomic E-state index is 5.35. The molecule has 3 aromatic rings. The fourth-order valence-corrected chi connectivity index (χ4v) is 1.99. The summed E-state index contributed by atoms with van der Waals surface area (Å²) >= 11 is 0. The molecule has 0 amide bonds. The monoisotopic (exact) mass is 213 g/mol. The molecule has 4 rings (SSSR count). The second-order valence-corrected chi connectivity index (χ2v) is 3.67. The van der Waals surface area contributed by atoms with E-state index in [-0.39, 0.29) is 6.79 Å². The van der Waals surface area contributed by atoms with Gasteiger partial charge in [-0.25, -0.2) is 0 Å². The van der Waals surface area contributed by atoms with E-state index in [0.29, 0.717) is 0 Å². The van der Waals surface area contributed by atoms with Crippen molar-refractivity contribution in [3.63, 3.8) is 0 Å². The fraction of sp³-hybridized carbons (Fsp3) is 0.0909. The van der Waals surface area contributed by atoms with Crippen molar-refractivity contribution >= 4 is 16.4 Å². The van der Waals surface area contributed by atoms with Crippen molar-refractivity contribution < 1.29 is 9.47 Å². The molecular formula is C11H7N3O2. The van der Waals surface area contributed by atoms with Gasteiger partial charge in [0.2, 0.25) is 6.79 Å². The lowest BCUT2D eigenvalue weighted by molar-refractivity contribution is 0.174. The van der Waals surface area contributed by atoms with Crippen LogP contribution in [0.2, 0.25) is 0 Å². The van der Waals surface area contributed by atoms with Crippen LogP contribution < -0.4 is 9.47 Å². The Kier molecular flexibility index (Phi) is 1.30. The first kappa shape index (κ1) is 7.92. The highest BCUT2D eigenvalue weighted by Crippen LogP contribution is 2.36. The molecule has 5 nitrogen and oxygen atoms in total. The van der Waals surface area contributed by atoms with Crippen LogP contribution in [-0.4, -0.2) is 21.4 Å². The number of rotatable bonds is 0. The van der Waals surface area contributed by atoms with Gasteiger partial charge in [-0.15, -0.1) is 10.2 Å². The van der Waals surface area contributed by atoms with Crippen LogP contribution in [0.25, 0.3) is 16.4 Å². The van der Waals surface area contributed by atoms with Gasteiger partial charge in [-0.05, 0) is 23.6 Å². The van der Waals surface area contributed by atoms with E-state index in [1.165, 1.54) is 0 Å². The van der Waals surface area contributed by atoms with Crippen LogP contribution in [0.5, 0.6) is 11.5 Å². The molecule has 0 N–H and O–H groups in total. The Morgan fingerprint density at radius 2 is 2.06 bits per heavy atom. The van der Waals surface area contributed by atoms with Crippen LogP contribution in [0.3, 0.4) is 0 Å². The number of ether oxygens (including phenoxy) is 2. The van der Waals surface area contributed by atoms with Gasteiger partial charge in [0, 0.05) is 11.6 Å². The Labute approximate surface area is 90.2 Å². The van der Waals surface area contributed by atoms with E-state index in [0.717, 1.165) is 27.9 Å². The number of aromatic nitrogens is 3. The minimum atomic E-state index is 0.286. The van der Waals surface area contributed by atoms with E-state index < -0.39 is 0 Å². The van der Waals surface area contributed by atoms with Crippen LogP contribution in [0.1, 0.15) is 0 Å². The molecule has 1 aliphatic heterocycles. The van der Waals surface area contributed by atoms with E-state index in [1.807, 2.05) is 28.8 Å². The maximum absolute atomic E-state index is 5.35. The third-order valence-electron chi connectivity index (χ3n) is 2.77. The molecule has 1 aromatic carbocycles. The average molecular weight is 213 g/mol. The fourth-order valence-electron chi connectivity index (χ4n) is 1.99. The van der Waals surface area contributed by atoms with Crippen molar-refractivity contribution in [1.82, 2.24) is 14.6 Å². The highest BCUT2D eigenvalue weighted by Gasteiger charge is 2.15. The second-order valence-electron chi connectivity index (χ2n) is 3.67. The molecule has 16 heavy (non-hydrogen) atoms. The van der Waals surface area contributed by atoms with Crippen molar-refractivity contribution in [2.45, 2.75) is 0 Å². The number of hydrogen-bond donors (Lipinski definition) is 0. The molecule has 0 spiro atoms. The standard InChI is InChI=1S/C11H7N3O2/c1-2-14-5-12-13-11(14)8-4-10-9(3-7(1)8)15-6-16-10/h1-5H,6H2. The van der Waals surface area contributed by atoms with Crippen LogP contribution >= 0.6 is 0 Å². The third-order valence-corrected chi connectivity index (χ3v) is 2.77. The minimum Gasteiger partial charge on any atom is -0.454 e. The highest BCUT2D eigenvalue weighted by atomic mass is 16.7. The minimum absolute atomic E-state index is 0.286. The second kappa shape index (κ2) is 2.63. The topological polar surface area (TPSA) is 48.7 Å². The normalized spacial score (nSPS) is 13.8. The Morgan fingerprint density at radius 3 is 3.00 bits per heavy atom. The molecule has 0 radical (unpaired) electrons. The van der Waals surface area contributed by atoms with E-state index in [1.54, 1.807) is 6.33 Å². The number of pyridine rings is 1. The van der Waals surface area contributed by atoms with Gasteiger partial charge in [-0.3, -0.25) is 4.40 Å². The van der Waals surface area contributed by atoms with E-state index in [9.17, 15) is 0 Å². The SMILES string of the molecule is c1cn2cnnc2c2cc3c(cc12)OCO3. The molecule has 0 saturated heterocycles. The lowest BCUT2D eigenvalue weighted by Gasteiger charge is -2.01. The van der Waals surface area contributed by atoms with Crippen LogP contribution in [0.15, 0.2) is 30.7 Å². The molecule has 1 aliphatic rings. The quantitative estimate of drug-likeness (QED) is 0.569. The predicted octanol–water partition coefficient (Wildman–Crippen LogP) is 1.61. The molecule has 2 aromatic heterocycles. The zero-order valence-corrected chi connectivity index (χ0v) is 8.25. The summed E-state index contributed by atoms with van der Waals surface area (Å²) in [5.41, 5.74) is 0.829. The molecule has 5 heteroatoms. The first-order valence-corrected chi connectivity index (χ1v) is 4.93. The summed E-state index contributed by atoms with van der Waals surface area (Å²) < 4.78 is 12.6. The van der Waals surface area contributed by atoms with Gasteiger partial charge in [0.1, 0.15) is 6.33 Å². The van der Waals surface area contributed by atoms with Crippen molar-refractivity contribution in [3.8, 4) is 11.5 Å². The van der Waals surface area contributed by atoms with Crippen molar-refractivity contribution in [2.75, 3.05) is 6.79 Å². The van der Waals surface area contributed by atoms with Crippen LogP contribution in [0.4, 0.5) is 0 Å². The van der Waals surface area contributed by atoms with Gasteiger partial charge in [0.25, 0.3) is 0 Å². The lowest BCUT2D eigenvalue weighted by Crippen LogP contribution is -1.92. The van der Waals surface area contributed by atoms with E-state index >= 15 is 0 Å². The zero-order valence-electron chi connectivity index (χ0n) is 8.25. The van der Waals surface area contributed by atoms with Gasteiger partial charge >= 0.3 is 0 Å². The summed E-state index contributed by atoms with van der Waals surface area (Å²) in [7, 11) is 0. The van der Waals surface area contributed by atoms with Crippen molar-refractivity contribution in [2.24, 2.45) is 0 Å². The Balaban J connectivity index is 2.20. The van der Waals surface area contributed by atoms with Gasteiger partial charge in [-0.1, -0.05) is 0 Å². The van der Waals surface area contributed by atoms with E-state index in [2.05, 4.69) is 10.2 Å². The smallest absolute Gasteiger partial charge is 0.231 e. The molecule has 0 saturated carbocycles. The van der Waals surface area contributed by atoms with Gasteiger partial charge < -0.3 is 9.47 Å². The first-order chi connectivity index (χ1) is 7.92. The van der Waals surface area contributed by atoms with Gasteiger partial charge in [0.15, 0.2) is 17.1 Å². The molecule has 0 atom stereocenters. The Morgan fingerprint density at radius 1 is 1.19 bits per heavy atom. The molecule has 0 aliphatic carbocycles. The third kappa shape index (κ3) is 0.894. The molecular weight excluding hydrogens is 206 g/mol. The maximum Gasteiger partial charge on any atom is 0.231 e. The highest BCUT2D eigenvalue weighted by molar-refractivity contribution is 5.96. The average Bonchev–Trinajstić information content (AvgIpc) is 2.94. The Bertz CT molecular complexity index is 705. The molecule has 0 unspecified atom stereocenters. The Hall–Kier alpha value is -2.30. The summed E-state index contributed by atoms with van der Waals surface area (Å²) in [4.78, 5) is 0. The molecule has 0 bridgehead atoms. The van der Waals surface area contributed by atoms with Gasteiger partial charge in [0.05, 0.1) is 0 Å². The predicted molar refractivity (Wildman–Crippen MR) is 56.6 cm³/mol. The van der Waals surface area contributed by atoms with Gasteiger partial charge in [-0.2, -0.15) is 0 Å². The molecule has 0 fully saturated rings. The summed E-state index contributed by atoms with van der Waals surface area (Å²) in [6.07, 6.45) is 3.61. The molecule has 78 valence electrons. The van der Waals surface area contributed by atoms with Crippen LogP contribution in [-0.2, 0) is 0 Å². The summed E-state index contributed by atoms with van der Waals surface area (Å²) in [5.74, 6) is 1.56. The number of benzene rings is 1. The summed E-state index contributed by atoms with van der Waals surface area (Å²) in [6, 6.07) is 5.92. The number of fused-ring (bicyclic) bond motifs is 4. The largest absolute Gasteiger partial charge is 0.454 e. The lowest BCUT2D eigenvalue weighted by atomic mass is 10.1. The molecule has 3 heterocycles. The van der Waals surface area contributed by atoms with Crippen molar-refractivity contribution in [1.29, 1.82) is 0 Å². The number of nitrogens with zero attached hydrogens (tertiary/aromatic N) is 3. The number of hydrogen-bond acceptors (Lipinski definition) is 4. The summed E-state index contributed by atoms with van der Waals surface area (Å²) in [5, 5.41) is 10.1.